The first-order chi connectivity index (χ1) is 18.1. The average molecular weight is 514 g/mol. The molecule has 2 fully saturated rings. The number of fused-ring (bicyclic) bond motifs is 1. The fourth-order valence-electron chi connectivity index (χ4n) is 6.15. The Morgan fingerprint density at radius 2 is 1.59 bits per heavy atom. The Hall–Kier alpha value is -3.31. The summed E-state index contributed by atoms with van der Waals surface area (Å²) in [6, 6.07) is 19.1. The third kappa shape index (κ3) is 4.73. The molecule has 4 aromatic rings. The summed E-state index contributed by atoms with van der Waals surface area (Å²) in [5.41, 5.74) is 5.25. The number of pyridine rings is 1. The van der Waals surface area contributed by atoms with Gasteiger partial charge in [-0.05, 0) is 72.6 Å². The standard InChI is InChI=1S/C31H32ClN3O2/c32-29-26-18-23(22-12-10-21(11-13-22)20-6-2-1-3-7-20)14-16-27(26)35(30(29)31(36)37)28-17-15-25(19-33-28)34-24-8-4-5-9-24/h10-20,24,34H,1-9H2,(H,36,37). The Balaban J connectivity index is 1.34. The molecule has 6 rings (SSSR count). The molecular formula is C31H32ClN3O2. The number of carboxylic acids is 1. The van der Waals surface area contributed by atoms with Gasteiger partial charge in [0.2, 0.25) is 0 Å². The summed E-state index contributed by atoms with van der Waals surface area (Å²) in [5.74, 6) is 0.129. The van der Waals surface area contributed by atoms with Crippen LogP contribution < -0.4 is 5.32 Å². The van der Waals surface area contributed by atoms with Crippen LogP contribution in [0.5, 0.6) is 0 Å². The van der Waals surface area contributed by atoms with Crippen LogP contribution in [0.2, 0.25) is 5.02 Å². The highest BCUT2D eigenvalue weighted by atomic mass is 35.5. The smallest absolute Gasteiger partial charge is 0.354 e. The predicted molar refractivity (Wildman–Crippen MR) is 150 cm³/mol. The van der Waals surface area contributed by atoms with Gasteiger partial charge < -0.3 is 10.4 Å². The molecule has 2 aromatic heterocycles. The third-order valence-electron chi connectivity index (χ3n) is 8.13. The minimum Gasteiger partial charge on any atom is -0.477 e. The van der Waals surface area contributed by atoms with E-state index < -0.39 is 5.97 Å². The van der Waals surface area contributed by atoms with Crippen LogP contribution >= 0.6 is 11.6 Å². The first-order valence-electron chi connectivity index (χ1n) is 13.5. The zero-order valence-electron chi connectivity index (χ0n) is 20.9. The maximum atomic E-state index is 12.3. The van der Waals surface area contributed by atoms with Crippen molar-refractivity contribution in [3.8, 4) is 16.9 Å². The highest BCUT2D eigenvalue weighted by molar-refractivity contribution is 6.38. The number of nitrogens with zero attached hydrogens (tertiary/aromatic N) is 2. The van der Waals surface area contributed by atoms with E-state index in [2.05, 4.69) is 34.6 Å². The summed E-state index contributed by atoms with van der Waals surface area (Å²) < 4.78 is 1.65. The van der Waals surface area contributed by atoms with Gasteiger partial charge in [-0.1, -0.05) is 74.0 Å². The molecule has 0 amide bonds. The molecule has 0 aliphatic heterocycles. The molecule has 0 radical (unpaired) electrons. The van der Waals surface area contributed by atoms with Crippen molar-refractivity contribution < 1.29 is 9.90 Å². The van der Waals surface area contributed by atoms with Gasteiger partial charge >= 0.3 is 5.97 Å². The molecule has 0 bridgehead atoms. The number of aromatic nitrogens is 2. The van der Waals surface area contributed by atoms with Gasteiger partial charge in [-0.2, -0.15) is 0 Å². The Morgan fingerprint density at radius 1 is 0.892 bits per heavy atom. The summed E-state index contributed by atoms with van der Waals surface area (Å²) in [5, 5.41) is 14.5. The first-order valence-corrected chi connectivity index (χ1v) is 13.9. The third-order valence-corrected chi connectivity index (χ3v) is 8.51. The molecule has 5 nitrogen and oxygen atoms in total. The van der Waals surface area contributed by atoms with E-state index in [1.165, 1.54) is 63.4 Å². The monoisotopic (exact) mass is 513 g/mol. The van der Waals surface area contributed by atoms with E-state index in [0.29, 0.717) is 23.2 Å². The summed E-state index contributed by atoms with van der Waals surface area (Å²) in [6.07, 6.45) is 13.2. The fraction of sp³-hybridized carbons (Fsp3) is 0.355. The lowest BCUT2D eigenvalue weighted by Crippen LogP contribution is -2.15. The molecule has 0 saturated heterocycles. The lowest BCUT2D eigenvalue weighted by Gasteiger charge is -2.22. The van der Waals surface area contributed by atoms with Crippen molar-refractivity contribution in [2.75, 3.05) is 5.32 Å². The van der Waals surface area contributed by atoms with Crippen LogP contribution in [0.25, 0.3) is 27.8 Å². The zero-order chi connectivity index (χ0) is 25.4. The fourth-order valence-corrected chi connectivity index (χ4v) is 6.47. The second-order valence-electron chi connectivity index (χ2n) is 10.5. The summed E-state index contributed by atoms with van der Waals surface area (Å²) in [7, 11) is 0. The van der Waals surface area contributed by atoms with Crippen LogP contribution in [-0.4, -0.2) is 26.7 Å². The molecule has 190 valence electrons. The van der Waals surface area contributed by atoms with E-state index in [1.807, 2.05) is 30.3 Å². The van der Waals surface area contributed by atoms with Crippen LogP contribution in [0, 0.1) is 0 Å². The molecule has 37 heavy (non-hydrogen) atoms. The van der Waals surface area contributed by atoms with Crippen LogP contribution in [-0.2, 0) is 0 Å². The lowest BCUT2D eigenvalue weighted by molar-refractivity contribution is 0.0688. The predicted octanol–water partition coefficient (Wildman–Crippen LogP) is 8.45. The molecule has 2 aliphatic carbocycles. The van der Waals surface area contributed by atoms with Crippen molar-refractivity contribution in [1.29, 1.82) is 0 Å². The summed E-state index contributed by atoms with van der Waals surface area (Å²) in [6.45, 7) is 0. The Morgan fingerprint density at radius 3 is 2.27 bits per heavy atom. The molecule has 2 aliphatic rings. The molecular weight excluding hydrogens is 482 g/mol. The molecule has 0 spiro atoms. The zero-order valence-corrected chi connectivity index (χ0v) is 21.7. The Bertz CT molecular complexity index is 1410. The van der Waals surface area contributed by atoms with Gasteiger partial charge in [0.25, 0.3) is 0 Å². The van der Waals surface area contributed by atoms with Gasteiger partial charge in [-0.15, -0.1) is 0 Å². The van der Waals surface area contributed by atoms with Crippen LogP contribution in [0.3, 0.4) is 0 Å². The van der Waals surface area contributed by atoms with Gasteiger partial charge in [-0.3, -0.25) is 4.57 Å². The Kier molecular flexibility index (Phi) is 6.64. The second-order valence-corrected chi connectivity index (χ2v) is 10.9. The summed E-state index contributed by atoms with van der Waals surface area (Å²) >= 11 is 6.70. The van der Waals surface area contributed by atoms with Crippen molar-refractivity contribution in [2.45, 2.75) is 69.7 Å². The molecule has 0 unspecified atom stereocenters. The molecule has 0 atom stereocenters. The van der Waals surface area contributed by atoms with Crippen LogP contribution in [0.1, 0.15) is 79.8 Å². The van der Waals surface area contributed by atoms with Crippen molar-refractivity contribution in [3.63, 3.8) is 0 Å². The quantitative estimate of drug-likeness (QED) is 0.271. The minimum atomic E-state index is -1.07. The van der Waals surface area contributed by atoms with Gasteiger partial charge in [0.1, 0.15) is 5.82 Å². The largest absolute Gasteiger partial charge is 0.477 e. The van der Waals surface area contributed by atoms with Crippen molar-refractivity contribution in [1.82, 2.24) is 9.55 Å². The highest BCUT2D eigenvalue weighted by Crippen LogP contribution is 2.37. The number of carboxylic acid groups (broad SMARTS) is 1. The van der Waals surface area contributed by atoms with Gasteiger partial charge in [0.15, 0.2) is 5.69 Å². The number of benzene rings is 2. The number of hydrogen-bond donors (Lipinski definition) is 2. The minimum absolute atomic E-state index is 0.0328. The first kappa shape index (κ1) is 24.1. The molecule has 2 N–H and O–H groups in total. The van der Waals surface area contributed by atoms with Crippen molar-refractivity contribution in [3.05, 3.63) is 77.1 Å². The number of aromatic carboxylic acids is 1. The second kappa shape index (κ2) is 10.2. The normalized spacial score (nSPS) is 16.9. The Labute approximate surface area is 222 Å². The number of hydrogen-bond acceptors (Lipinski definition) is 3. The maximum absolute atomic E-state index is 12.3. The van der Waals surface area contributed by atoms with Crippen LogP contribution in [0.4, 0.5) is 5.69 Å². The van der Waals surface area contributed by atoms with Gasteiger partial charge in [0.05, 0.1) is 22.4 Å². The highest BCUT2D eigenvalue weighted by Gasteiger charge is 2.24. The number of nitrogens with one attached hydrogen (secondary N) is 1. The lowest BCUT2D eigenvalue weighted by atomic mass is 9.83. The topological polar surface area (TPSA) is 67.2 Å². The van der Waals surface area contributed by atoms with E-state index >= 15 is 0 Å². The SMILES string of the molecule is O=C(O)c1c(Cl)c2cc(-c3ccc(C4CCCCC4)cc3)ccc2n1-c1ccc(NC2CCCC2)cn1. The summed E-state index contributed by atoms with van der Waals surface area (Å²) in [4.78, 5) is 16.9. The van der Waals surface area contributed by atoms with E-state index in [1.54, 1.807) is 10.8 Å². The van der Waals surface area contributed by atoms with E-state index in [-0.39, 0.29) is 10.7 Å². The molecule has 6 heteroatoms. The van der Waals surface area contributed by atoms with E-state index in [0.717, 1.165) is 22.3 Å². The molecule has 2 aromatic carbocycles. The van der Waals surface area contributed by atoms with Gasteiger partial charge in [-0.25, -0.2) is 9.78 Å². The number of rotatable bonds is 6. The van der Waals surface area contributed by atoms with Crippen molar-refractivity contribution >= 4 is 34.2 Å². The molecule has 2 heterocycles. The maximum Gasteiger partial charge on any atom is 0.354 e. The number of halogens is 1. The van der Waals surface area contributed by atoms with E-state index in [9.17, 15) is 9.90 Å². The number of anilines is 1. The molecule has 2 saturated carbocycles. The number of carbonyl (C=O) groups is 1. The van der Waals surface area contributed by atoms with Crippen LogP contribution in [0.15, 0.2) is 60.8 Å². The van der Waals surface area contributed by atoms with Gasteiger partial charge in [0, 0.05) is 11.4 Å². The average Bonchev–Trinajstić information content (AvgIpc) is 3.55. The van der Waals surface area contributed by atoms with E-state index in [4.69, 9.17) is 11.6 Å². The van der Waals surface area contributed by atoms with Crippen molar-refractivity contribution in [2.24, 2.45) is 0 Å².